The molecule has 10 heteroatoms. The summed E-state index contributed by atoms with van der Waals surface area (Å²) in [6, 6.07) is 0. The fraction of sp³-hybridized carbons (Fsp3) is 0.762. The summed E-state index contributed by atoms with van der Waals surface area (Å²) in [4.78, 5) is 12.7. The molecule has 174 valence electrons. The van der Waals surface area contributed by atoms with Crippen LogP contribution in [0.15, 0.2) is 5.83 Å². The van der Waals surface area contributed by atoms with Crippen molar-refractivity contribution in [1.29, 1.82) is 0 Å². The number of halogens is 6. The molecule has 0 aromatic carbocycles. The lowest BCUT2D eigenvalue weighted by molar-refractivity contribution is -0.171. The van der Waals surface area contributed by atoms with Crippen LogP contribution in [0.4, 0.5) is 26.3 Å². The van der Waals surface area contributed by atoms with E-state index in [4.69, 9.17) is 0 Å². The highest BCUT2D eigenvalue weighted by Gasteiger charge is 2.39. The van der Waals surface area contributed by atoms with E-state index in [0.29, 0.717) is 25.7 Å². The average molecular weight is 451 g/mol. The SMILES string of the molecule is C[C@@H](CCc1nc(CCC2CCC(F)(F)C2)nc(C2=C(F)C(O)CCC2)n1)C(F)(F)F. The zero-order chi connectivity index (χ0) is 22.8. The van der Waals surface area contributed by atoms with Gasteiger partial charge in [0.1, 0.15) is 23.6 Å². The van der Waals surface area contributed by atoms with Crippen molar-refractivity contribution in [1.82, 2.24) is 15.0 Å². The Morgan fingerprint density at radius 2 is 1.77 bits per heavy atom. The van der Waals surface area contributed by atoms with Gasteiger partial charge in [0.2, 0.25) is 5.92 Å². The third-order valence-electron chi connectivity index (χ3n) is 6.12. The van der Waals surface area contributed by atoms with Crippen LogP contribution in [0.2, 0.25) is 0 Å². The molecule has 1 N–H and O–H groups in total. The zero-order valence-corrected chi connectivity index (χ0v) is 17.4. The van der Waals surface area contributed by atoms with Gasteiger partial charge in [-0.15, -0.1) is 0 Å². The van der Waals surface area contributed by atoms with Crippen LogP contribution in [0, 0.1) is 11.8 Å². The Labute approximate surface area is 177 Å². The van der Waals surface area contributed by atoms with Gasteiger partial charge in [0.05, 0.1) is 5.92 Å². The molecule has 1 aromatic rings. The topological polar surface area (TPSA) is 58.9 Å². The second-order valence-electron chi connectivity index (χ2n) is 8.71. The fourth-order valence-corrected chi connectivity index (χ4v) is 4.10. The van der Waals surface area contributed by atoms with E-state index in [1.807, 2.05) is 0 Å². The molecule has 0 aliphatic heterocycles. The Kier molecular flexibility index (Phi) is 7.28. The van der Waals surface area contributed by atoms with Crippen LogP contribution < -0.4 is 0 Å². The Morgan fingerprint density at radius 3 is 2.39 bits per heavy atom. The predicted molar refractivity (Wildman–Crippen MR) is 102 cm³/mol. The highest BCUT2D eigenvalue weighted by Crippen LogP contribution is 2.40. The first kappa shape index (κ1) is 23.9. The molecule has 31 heavy (non-hydrogen) atoms. The van der Waals surface area contributed by atoms with E-state index in [2.05, 4.69) is 15.0 Å². The van der Waals surface area contributed by atoms with E-state index in [0.717, 1.165) is 6.92 Å². The summed E-state index contributed by atoms with van der Waals surface area (Å²) in [6.45, 7) is 1.07. The molecule has 2 aliphatic rings. The van der Waals surface area contributed by atoms with Gasteiger partial charge in [-0.1, -0.05) is 6.92 Å². The van der Waals surface area contributed by atoms with Gasteiger partial charge in [-0.25, -0.2) is 28.1 Å². The second kappa shape index (κ2) is 9.42. The maximum Gasteiger partial charge on any atom is 0.391 e. The molecule has 0 bridgehead atoms. The molecule has 4 nitrogen and oxygen atoms in total. The lowest BCUT2D eigenvalue weighted by atomic mass is 9.95. The van der Waals surface area contributed by atoms with Gasteiger partial charge >= 0.3 is 6.18 Å². The van der Waals surface area contributed by atoms with E-state index in [-0.39, 0.29) is 67.5 Å². The summed E-state index contributed by atoms with van der Waals surface area (Å²) in [5.41, 5.74) is 0.139. The first-order valence-corrected chi connectivity index (χ1v) is 10.7. The van der Waals surface area contributed by atoms with Crippen LogP contribution in [0.25, 0.3) is 5.57 Å². The molecular formula is C21H27F6N3O. The minimum atomic E-state index is -4.34. The molecule has 1 heterocycles. The first-order valence-electron chi connectivity index (χ1n) is 10.7. The van der Waals surface area contributed by atoms with E-state index in [1.165, 1.54) is 0 Å². The fourth-order valence-electron chi connectivity index (χ4n) is 4.10. The number of hydrogen-bond acceptors (Lipinski definition) is 4. The molecule has 0 amide bonds. The number of aromatic nitrogens is 3. The van der Waals surface area contributed by atoms with Crippen molar-refractivity contribution in [3.8, 4) is 0 Å². The standard InChI is InChI=1S/C21H27F6N3O/c1-12(21(25,26)27)5-7-16-28-17(8-6-13-9-10-20(23,24)11-13)30-19(29-16)14-3-2-4-15(31)18(14)22/h12-13,15,31H,2-11H2,1H3/t12-,13?,15?/m0/s1. The van der Waals surface area contributed by atoms with Crippen LogP contribution in [-0.2, 0) is 12.8 Å². The van der Waals surface area contributed by atoms with E-state index < -0.39 is 29.9 Å². The Balaban J connectivity index is 1.81. The lowest BCUT2D eigenvalue weighted by Gasteiger charge is -2.20. The highest BCUT2D eigenvalue weighted by atomic mass is 19.4. The number of aryl methyl sites for hydroxylation is 2. The van der Waals surface area contributed by atoms with Crippen molar-refractivity contribution < 1.29 is 31.4 Å². The molecule has 0 radical (unpaired) electrons. The monoisotopic (exact) mass is 451 g/mol. The number of rotatable bonds is 7. The molecule has 1 aromatic heterocycles. The van der Waals surface area contributed by atoms with Crippen LogP contribution >= 0.6 is 0 Å². The van der Waals surface area contributed by atoms with E-state index in [9.17, 15) is 31.4 Å². The van der Waals surface area contributed by atoms with Crippen LogP contribution in [0.1, 0.15) is 75.8 Å². The van der Waals surface area contributed by atoms with Gasteiger partial charge < -0.3 is 5.11 Å². The summed E-state index contributed by atoms with van der Waals surface area (Å²) in [5.74, 6) is -4.73. The van der Waals surface area contributed by atoms with Crippen molar-refractivity contribution in [3.63, 3.8) is 0 Å². The van der Waals surface area contributed by atoms with Crippen molar-refractivity contribution in [2.24, 2.45) is 11.8 Å². The van der Waals surface area contributed by atoms with Gasteiger partial charge in [-0.3, -0.25) is 0 Å². The van der Waals surface area contributed by atoms with Gasteiger partial charge in [-0.2, -0.15) is 13.2 Å². The lowest BCUT2D eigenvalue weighted by Crippen LogP contribution is -2.21. The largest absolute Gasteiger partial charge is 0.391 e. The molecule has 0 spiro atoms. The van der Waals surface area contributed by atoms with E-state index in [1.54, 1.807) is 0 Å². The van der Waals surface area contributed by atoms with Gasteiger partial charge in [0, 0.05) is 31.3 Å². The number of alkyl halides is 5. The summed E-state index contributed by atoms with van der Waals surface area (Å²) >= 11 is 0. The Morgan fingerprint density at radius 1 is 1.10 bits per heavy atom. The van der Waals surface area contributed by atoms with E-state index >= 15 is 0 Å². The molecule has 0 saturated heterocycles. The van der Waals surface area contributed by atoms with Crippen molar-refractivity contribution in [2.75, 3.05) is 0 Å². The molecule has 1 fully saturated rings. The number of allylic oxidation sites excluding steroid dienone is 1. The van der Waals surface area contributed by atoms with Crippen LogP contribution in [-0.4, -0.2) is 38.3 Å². The molecule has 2 unspecified atom stereocenters. The zero-order valence-electron chi connectivity index (χ0n) is 17.4. The minimum absolute atomic E-state index is 0.0210. The number of aliphatic hydroxyl groups excluding tert-OH is 1. The quantitative estimate of drug-likeness (QED) is 0.549. The summed E-state index contributed by atoms with van der Waals surface area (Å²) in [6.07, 6.45) is -4.06. The Hall–Kier alpha value is -1.71. The third-order valence-corrected chi connectivity index (χ3v) is 6.12. The van der Waals surface area contributed by atoms with Crippen molar-refractivity contribution in [2.45, 2.75) is 89.3 Å². The smallest absolute Gasteiger partial charge is 0.386 e. The Bertz CT molecular complexity index is 811. The predicted octanol–water partition coefficient (Wildman–Crippen LogP) is 5.60. The van der Waals surface area contributed by atoms with Crippen molar-refractivity contribution in [3.05, 3.63) is 23.3 Å². The minimum Gasteiger partial charge on any atom is -0.386 e. The second-order valence-corrected chi connectivity index (χ2v) is 8.71. The van der Waals surface area contributed by atoms with Crippen LogP contribution in [0.3, 0.4) is 0 Å². The van der Waals surface area contributed by atoms with Crippen LogP contribution in [0.5, 0.6) is 0 Å². The van der Waals surface area contributed by atoms with Gasteiger partial charge in [-0.05, 0) is 44.4 Å². The average Bonchev–Trinajstić information content (AvgIpc) is 3.04. The molecular weight excluding hydrogens is 424 g/mol. The number of aliphatic hydroxyl groups is 1. The molecule has 2 aliphatic carbocycles. The maximum absolute atomic E-state index is 14.5. The number of hydrogen-bond donors (Lipinski definition) is 1. The van der Waals surface area contributed by atoms with Gasteiger partial charge in [0.15, 0.2) is 5.82 Å². The van der Waals surface area contributed by atoms with Gasteiger partial charge in [0.25, 0.3) is 0 Å². The van der Waals surface area contributed by atoms with Crippen molar-refractivity contribution >= 4 is 5.57 Å². The molecule has 3 atom stereocenters. The highest BCUT2D eigenvalue weighted by molar-refractivity contribution is 5.63. The summed E-state index contributed by atoms with van der Waals surface area (Å²) in [5, 5.41) is 9.81. The summed E-state index contributed by atoms with van der Waals surface area (Å²) < 4.78 is 79.9. The number of nitrogens with zero attached hydrogens (tertiary/aromatic N) is 3. The summed E-state index contributed by atoms with van der Waals surface area (Å²) in [7, 11) is 0. The normalized spacial score (nSPS) is 25.2. The third kappa shape index (κ3) is 6.40. The first-order chi connectivity index (χ1) is 14.4. The molecule has 1 saturated carbocycles. The molecule has 3 rings (SSSR count). The maximum atomic E-state index is 14.5.